The fourth-order valence-corrected chi connectivity index (χ4v) is 3.45. The minimum absolute atomic E-state index is 0.126. The quantitative estimate of drug-likeness (QED) is 0.717. The maximum absolute atomic E-state index is 12.8. The summed E-state index contributed by atoms with van der Waals surface area (Å²) in [6.07, 6.45) is 7.25. The molecule has 24 heavy (non-hydrogen) atoms. The van der Waals surface area contributed by atoms with Crippen LogP contribution in [-0.2, 0) is 0 Å². The van der Waals surface area contributed by atoms with Gasteiger partial charge in [0, 0.05) is 24.8 Å². The predicted octanol–water partition coefficient (Wildman–Crippen LogP) is 3.94. The SMILES string of the molecule is Cc1ccccc1-c1cnc2ccc(C(=O)N3CCCCC3)cn12. The van der Waals surface area contributed by atoms with E-state index in [1.807, 2.05) is 46.0 Å². The second kappa shape index (κ2) is 6.11. The van der Waals surface area contributed by atoms with Gasteiger partial charge in [-0.05, 0) is 43.9 Å². The molecule has 0 bridgehead atoms. The Hall–Kier alpha value is -2.62. The van der Waals surface area contributed by atoms with Crippen LogP contribution in [0.5, 0.6) is 0 Å². The number of fused-ring (bicyclic) bond motifs is 1. The molecule has 3 aromatic rings. The lowest BCUT2D eigenvalue weighted by Crippen LogP contribution is -2.35. The van der Waals surface area contributed by atoms with Gasteiger partial charge in [0.25, 0.3) is 5.91 Å². The summed E-state index contributed by atoms with van der Waals surface area (Å²) in [6, 6.07) is 12.1. The van der Waals surface area contributed by atoms with Crippen molar-refractivity contribution >= 4 is 11.6 Å². The lowest BCUT2D eigenvalue weighted by Gasteiger charge is -2.26. The Bertz CT molecular complexity index is 891. The Labute approximate surface area is 141 Å². The highest BCUT2D eigenvalue weighted by Gasteiger charge is 2.19. The van der Waals surface area contributed by atoms with Crippen LogP contribution in [0, 0.1) is 6.92 Å². The van der Waals surface area contributed by atoms with Crippen LogP contribution in [-0.4, -0.2) is 33.3 Å². The largest absolute Gasteiger partial charge is 0.339 e. The highest BCUT2D eigenvalue weighted by atomic mass is 16.2. The van der Waals surface area contributed by atoms with Gasteiger partial charge in [-0.2, -0.15) is 0 Å². The van der Waals surface area contributed by atoms with Gasteiger partial charge in [0.1, 0.15) is 5.65 Å². The van der Waals surface area contributed by atoms with Crippen LogP contribution >= 0.6 is 0 Å². The van der Waals surface area contributed by atoms with Crippen LogP contribution in [0.1, 0.15) is 35.2 Å². The molecule has 1 saturated heterocycles. The second-order valence-electron chi connectivity index (χ2n) is 6.46. The van der Waals surface area contributed by atoms with Crippen molar-refractivity contribution in [1.82, 2.24) is 14.3 Å². The van der Waals surface area contributed by atoms with Crippen LogP contribution < -0.4 is 0 Å². The minimum Gasteiger partial charge on any atom is -0.339 e. The monoisotopic (exact) mass is 319 g/mol. The average molecular weight is 319 g/mol. The number of carbonyl (C=O) groups excluding carboxylic acids is 1. The first-order valence-electron chi connectivity index (χ1n) is 8.56. The maximum atomic E-state index is 12.8. The number of imidazole rings is 1. The van der Waals surface area contributed by atoms with Crippen molar-refractivity contribution in [3.05, 3.63) is 59.9 Å². The van der Waals surface area contributed by atoms with Crippen molar-refractivity contribution in [2.24, 2.45) is 0 Å². The minimum atomic E-state index is 0.126. The number of piperidine rings is 1. The van der Waals surface area contributed by atoms with Gasteiger partial charge in [-0.15, -0.1) is 0 Å². The molecule has 1 aromatic carbocycles. The normalized spacial score (nSPS) is 15.0. The molecule has 1 amide bonds. The first kappa shape index (κ1) is 14.9. The fraction of sp³-hybridized carbons (Fsp3) is 0.300. The van der Waals surface area contributed by atoms with E-state index in [0.29, 0.717) is 0 Å². The zero-order chi connectivity index (χ0) is 16.5. The molecule has 0 unspecified atom stereocenters. The molecule has 4 rings (SSSR count). The third kappa shape index (κ3) is 2.58. The molecule has 122 valence electrons. The van der Waals surface area contributed by atoms with Gasteiger partial charge in [0.15, 0.2) is 0 Å². The zero-order valence-corrected chi connectivity index (χ0v) is 13.9. The van der Waals surface area contributed by atoms with Crippen molar-refractivity contribution in [1.29, 1.82) is 0 Å². The highest BCUT2D eigenvalue weighted by molar-refractivity contribution is 5.94. The van der Waals surface area contributed by atoms with E-state index >= 15 is 0 Å². The van der Waals surface area contributed by atoms with E-state index < -0.39 is 0 Å². The summed E-state index contributed by atoms with van der Waals surface area (Å²) in [5.74, 6) is 0.126. The molecule has 3 heterocycles. The number of nitrogens with zero attached hydrogens (tertiary/aromatic N) is 3. The molecule has 4 nitrogen and oxygen atoms in total. The smallest absolute Gasteiger partial charge is 0.255 e. The van der Waals surface area contributed by atoms with E-state index in [0.717, 1.165) is 48.4 Å². The van der Waals surface area contributed by atoms with Crippen molar-refractivity contribution in [3.8, 4) is 11.3 Å². The number of pyridine rings is 1. The number of hydrogen-bond acceptors (Lipinski definition) is 2. The van der Waals surface area contributed by atoms with Gasteiger partial charge >= 0.3 is 0 Å². The summed E-state index contributed by atoms with van der Waals surface area (Å²) >= 11 is 0. The predicted molar refractivity (Wildman–Crippen MR) is 95.1 cm³/mol. The zero-order valence-electron chi connectivity index (χ0n) is 13.9. The van der Waals surface area contributed by atoms with Crippen LogP contribution in [0.25, 0.3) is 16.9 Å². The van der Waals surface area contributed by atoms with Crippen LogP contribution in [0.3, 0.4) is 0 Å². The average Bonchev–Trinajstić information content (AvgIpc) is 3.05. The van der Waals surface area contributed by atoms with Crippen LogP contribution in [0.15, 0.2) is 48.8 Å². The first-order chi connectivity index (χ1) is 11.7. The molecule has 4 heteroatoms. The van der Waals surface area contributed by atoms with E-state index in [1.54, 1.807) is 0 Å². The van der Waals surface area contributed by atoms with Crippen molar-refractivity contribution in [3.63, 3.8) is 0 Å². The van der Waals surface area contributed by atoms with Crippen molar-refractivity contribution in [2.75, 3.05) is 13.1 Å². The summed E-state index contributed by atoms with van der Waals surface area (Å²) in [4.78, 5) is 19.2. The van der Waals surface area contributed by atoms with Crippen LogP contribution in [0.2, 0.25) is 0 Å². The molecule has 0 saturated carbocycles. The number of rotatable bonds is 2. The number of carbonyl (C=O) groups is 1. The third-order valence-corrected chi connectivity index (χ3v) is 4.82. The standard InChI is InChI=1S/C20H21N3O/c1-15-7-3-4-8-17(15)18-13-21-19-10-9-16(14-23(18)19)20(24)22-11-5-2-6-12-22/h3-4,7-10,13-14H,2,5-6,11-12H2,1H3. The first-order valence-corrected chi connectivity index (χ1v) is 8.56. The van der Waals surface area contributed by atoms with Gasteiger partial charge in [-0.25, -0.2) is 4.98 Å². The number of aromatic nitrogens is 2. The van der Waals surface area contributed by atoms with Crippen molar-refractivity contribution in [2.45, 2.75) is 26.2 Å². The molecule has 1 fully saturated rings. The summed E-state index contributed by atoms with van der Waals surface area (Å²) in [5, 5.41) is 0. The van der Waals surface area contributed by atoms with E-state index in [2.05, 4.69) is 24.0 Å². The van der Waals surface area contributed by atoms with Gasteiger partial charge in [0.05, 0.1) is 17.5 Å². The Balaban J connectivity index is 1.76. The summed E-state index contributed by atoms with van der Waals surface area (Å²) in [5.41, 5.74) is 4.97. The fourth-order valence-electron chi connectivity index (χ4n) is 3.45. The molecule has 0 atom stereocenters. The number of likely N-dealkylation sites (tertiary alicyclic amines) is 1. The van der Waals surface area contributed by atoms with E-state index in [9.17, 15) is 4.79 Å². The van der Waals surface area contributed by atoms with Gasteiger partial charge in [0.2, 0.25) is 0 Å². The lowest BCUT2D eigenvalue weighted by atomic mass is 10.1. The lowest BCUT2D eigenvalue weighted by molar-refractivity contribution is 0.0724. The molecule has 1 aliphatic rings. The summed E-state index contributed by atoms with van der Waals surface area (Å²) in [6.45, 7) is 3.83. The Kier molecular flexibility index (Phi) is 3.81. The Morgan fingerprint density at radius 2 is 1.83 bits per heavy atom. The molecule has 0 spiro atoms. The van der Waals surface area contributed by atoms with E-state index in [4.69, 9.17) is 0 Å². The van der Waals surface area contributed by atoms with Crippen molar-refractivity contribution < 1.29 is 4.79 Å². The second-order valence-corrected chi connectivity index (χ2v) is 6.46. The van der Waals surface area contributed by atoms with Gasteiger partial charge in [-0.1, -0.05) is 24.3 Å². The van der Waals surface area contributed by atoms with E-state index in [-0.39, 0.29) is 5.91 Å². The Morgan fingerprint density at radius 1 is 1.04 bits per heavy atom. The van der Waals surface area contributed by atoms with Gasteiger partial charge < -0.3 is 4.90 Å². The maximum Gasteiger partial charge on any atom is 0.255 e. The molecular weight excluding hydrogens is 298 g/mol. The van der Waals surface area contributed by atoms with Gasteiger partial charge in [-0.3, -0.25) is 9.20 Å². The summed E-state index contributed by atoms with van der Waals surface area (Å²) < 4.78 is 2.03. The third-order valence-electron chi connectivity index (χ3n) is 4.82. The number of amides is 1. The molecule has 2 aromatic heterocycles. The summed E-state index contributed by atoms with van der Waals surface area (Å²) in [7, 11) is 0. The molecule has 0 radical (unpaired) electrons. The molecule has 0 aliphatic carbocycles. The Morgan fingerprint density at radius 3 is 2.62 bits per heavy atom. The molecule has 0 N–H and O–H groups in total. The van der Waals surface area contributed by atoms with E-state index in [1.165, 1.54) is 12.0 Å². The number of hydrogen-bond donors (Lipinski definition) is 0. The topological polar surface area (TPSA) is 37.6 Å². The number of benzene rings is 1. The molecule has 1 aliphatic heterocycles. The number of aryl methyl sites for hydroxylation is 1. The highest BCUT2D eigenvalue weighted by Crippen LogP contribution is 2.25. The molecular formula is C20H21N3O. The van der Waals surface area contributed by atoms with Crippen LogP contribution in [0.4, 0.5) is 0 Å².